The molecular formula is C26H32N2O6S. The van der Waals surface area contributed by atoms with Crippen molar-refractivity contribution in [3.63, 3.8) is 0 Å². The zero-order chi connectivity index (χ0) is 25.5. The average Bonchev–Trinajstić information content (AvgIpc) is 2.85. The van der Waals surface area contributed by atoms with E-state index in [2.05, 4.69) is 10.6 Å². The minimum atomic E-state index is -1.12. The van der Waals surface area contributed by atoms with Gasteiger partial charge in [0.25, 0.3) is 0 Å². The van der Waals surface area contributed by atoms with Crippen molar-refractivity contribution in [2.75, 3.05) is 12.3 Å². The van der Waals surface area contributed by atoms with E-state index in [4.69, 9.17) is 4.74 Å². The number of alkyl carbamates (subject to hydrolysis) is 1. The van der Waals surface area contributed by atoms with Crippen molar-refractivity contribution in [1.29, 1.82) is 0 Å². The molecule has 0 saturated heterocycles. The summed E-state index contributed by atoms with van der Waals surface area (Å²) >= 11 is 1.05. The lowest BCUT2D eigenvalue weighted by atomic mass is 9.99. The predicted octanol–water partition coefficient (Wildman–Crippen LogP) is 3.79. The number of thioether (sulfide) groups is 1. The molecule has 0 bridgehead atoms. The van der Waals surface area contributed by atoms with Gasteiger partial charge in [0, 0.05) is 19.2 Å². The topological polar surface area (TPSA) is 122 Å². The summed E-state index contributed by atoms with van der Waals surface area (Å²) in [5.74, 6) is -1.77. The van der Waals surface area contributed by atoms with E-state index in [1.807, 2.05) is 60.7 Å². The molecule has 2 aromatic carbocycles. The number of hydrogen-bond donors (Lipinski definition) is 3. The Bertz CT molecular complexity index is 955. The van der Waals surface area contributed by atoms with Gasteiger partial charge in [0.1, 0.15) is 12.6 Å². The summed E-state index contributed by atoms with van der Waals surface area (Å²) in [6.07, 6.45) is 1.12. The number of carbonyl (C=O) groups is 4. The lowest BCUT2D eigenvalue weighted by molar-refractivity contribution is -0.142. The Balaban J connectivity index is 1.76. The van der Waals surface area contributed by atoms with Crippen LogP contribution < -0.4 is 10.6 Å². The SMILES string of the molecule is CC(=O)SCC(Cc1ccccc1)C(=O)N[C@@H](CCCCNC(=O)OCc1ccccc1)C(=O)O. The van der Waals surface area contributed by atoms with Gasteiger partial charge >= 0.3 is 12.1 Å². The number of unbranched alkanes of at least 4 members (excludes halogenated alkanes) is 1. The monoisotopic (exact) mass is 500 g/mol. The Morgan fingerprint density at radius 2 is 1.57 bits per heavy atom. The lowest BCUT2D eigenvalue weighted by Crippen LogP contribution is -2.44. The van der Waals surface area contributed by atoms with Gasteiger partial charge in [-0.2, -0.15) is 0 Å². The van der Waals surface area contributed by atoms with Gasteiger partial charge in [-0.05, 0) is 36.8 Å². The zero-order valence-corrected chi connectivity index (χ0v) is 20.6. The number of ether oxygens (including phenoxy) is 1. The number of carboxylic acids is 1. The minimum Gasteiger partial charge on any atom is -0.480 e. The molecular weight excluding hydrogens is 468 g/mol. The molecule has 2 atom stereocenters. The van der Waals surface area contributed by atoms with E-state index in [-0.39, 0.29) is 23.9 Å². The van der Waals surface area contributed by atoms with Crippen molar-refractivity contribution in [2.45, 2.75) is 45.3 Å². The van der Waals surface area contributed by atoms with E-state index >= 15 is 0 Å². The van der Waals surface area contributed by atoms with E-state index in [1.54, 1.807) is 0 Å². The van der Waals surface area contributed by atoms with Crippen LogP contribution >= 0.6 is 11.8 Å². The summed E-state index contributed by atoms with van der Waals surface area (Å²) in [6.45, 7) is 1.94. The van der Waals surface area contributed by atoms with Crippen LogP contribution in [0, 0.1) is 5.92 Å². The van der Waals surface area contributed by atoms with E-state index in [0.29, 0.717) is 25.8 Å². The van der Waals surface area contributed by atoms with Gasteiger partial charge in [-0.25, -0.2) is 9.59 Å². The van der Waals surface area contributed by atoms with Gasteiger partial charge in [0.2, 0.25) is 5.91 Å². The highest BCUT2D eigenvalue weighted by atomic mass is 32.2. The second-order valence-electron chi connectivity index (χ2n) is 8.07. The van der Waals surface area contributed by atoms with E-state index in [1.165, 1.54) is 6.92 Å². The first-order valence-electron chi connectivity index (χ1n) is 11.5. The van der Waals surface area contributed by atoms with Crippen LogP contribution in [0.2, 0.25) is 0 Å². The van der Waals surface area contributed by atoms with Crippen LogP contribution in [0.25, 0.3) is 0 Å². The van der Waals surface area contributed by atoms with Crippen molar-refractivity contribution in [3.8, 4) is 0 Å². The van der Waals surface area contributed by atoms with Gasteiger partial charge < -0.3 is 20.5 Å². The molecule has 2 aromatic rings. The number of hydrogen-bond acceptors (Lipinski definition) is 6. The number of rotatable bonds is 14. The van der Waals surface area contributed by atoms with E-state index in [0.717, 1.165) is 22.9 Å². The number of carboxylic acid groups (broad SMARTS) is 1. The fourth-order valence-corrected chi connectivity index (χ4v) is 4.03. The Hall–Kier alpha value is -3.33. The van der Waals surface area contributed by atoms with E-state index in [9.17, 15) is 24.3 Å². The summed E-state index contributed by atoms with van der Waals surface area (Å²) in [5.41, 5.74) is 1.82. The molecule has 0 spiro atoms. The standard InChI is InChI=1S/C26H32N2O6S/c1-19(29)35-18-22(16-20-10-4-2-5-11-20)24(30)28-23(25(31)32)14-8-9-15-27-26(33)34-17-21-12-6-3-7-13-21/h2-7,10-13,22-23H,8-9,14-18H2,1H3,(H,27,33)(H,28,30)(H,31,32)/t22?,23-/m0/s1. The Labute approximate surface area is 209 Å². The second kappa shape index (κ2) is 15.5. The molecule has 0 aromatic heterocycles. The van der Waals surface area contributed by atoms with Crippen LogP contribution in [-0.4, -0.2) is 46.5 Å². The number of nitrogens with one attached hydrogen (secondary N) is 2. The second-order valence-corrected chi connectivity index (χ2v) is 9.27. The van der Waals surface area contributed by atoms with Crippen LogP contribution in [0.1, 0.15) is 37.3 Å². The molecule has 0 radical (unpaired) electrons. The van der Waals surface area contributed by atoms with Gasteiger partial charge in [-0.3, -0.25) is 9.59 Å². The summed E-state index contributed by atoms with van der Waals surface area (Å²) < 4.78 is 5.13. The third-order valence-electron chi connectivity index (χ3n) is 5.20. The maximum Gasteiger partial charge on any atom is 0.407 e. The molecule has 0 aliphatic rings. The van der Waals surface area contributed by atoms with Gasteiger partial charge in [-0.1, -0.05) is 72.4 Å². The average molecular weight is 501 g/mol. The largest absolute Gasteiger partial charge is 0.480 e. The molecule has 8 nitrogen and oxygen atoms in total. The number of benzene rings is 2. The highest BCUT2D eigenvalue weighted by Gasteiger charge is 2.26. The summed E-state index contributed by atoms with van der Waals surface area (Å²) in [5, 5.41) is 14.7. The lowest BCUT2D eigenvalue weighted by Gasteiger charge is -2.20. The maximum absolute atomic E-state index is 12.9. The number of carbonyl (C=O) groups excluding carboxylic acids is 3. The first kappa shape index (κ1) is 27.9. The summed E-state index contributed by atoms with van der Waals surface area (Å²) in [6, 6.07) is 17.7. The van der Waals surface area contributed by atoms with Crippen molar-refractivity contribution in [3.05, 3.63) is 71.8 Å². The van der Waals surface area contributed by atoms with Crippen molar-refractivity contribution in [2.24, 2.45) is 5.92 Å². The quantitative estimate of drug-likeness (QED) is 0.337. The van der Waals surface area contributed by atoms with Gasteiger partial charge in [-0.15, -0.1) is 0 Å². The molecule has 9 heteroatoms. The molecule has 0 aliphatic heterocycles. The molecule has 35 heavy (non-hydrogen) atoms. The molecule has 0 aliphatic carbocycles. The molecule has 0 heterocycles. The first-order chi connectivity index (χ1) is 16.8. The normalized spacial score (nSPS) is 12.3. The van der Waals surface area contributed by atoms with Crippen LogP contribution in [0.3, 0.4) is 0 Å². The third kappa shape index (κ3) is 11.6. The smallest absolute Gasteiger partial charge is 0.407 e. The molecule has 0 fully saturated rings. The number of aliphatic carboxylic acids is 1. The van der Waals surface area contributed by atoms with Gasteiger partial charge in [0.15, 0.2) is 5.12 Å². The first-order valence-corrected chi connectivity index (χ1v) is 12.5. The molecule has 188 valence electrons. The Morgan fingerprint density at radius 3 is 2.17 bits per heavy atom. The summed E-state index contributed by atoms with van der Waals surface area (Å²) in [7, 11) is 0. The van der Waals surface area contributed by atoms with Crippen LogP contribution in [0.15, 0.2) is 60.7 Å². The minimum absolute atomic E-state index is 0.0968. The number of amides is 2. The maximum atomic E-state index is 12.9. The van der Waals surface area contributed by atoms with Crippen molar-refractivity contribution in [1.82, 2.24) is 10.6 Å². The van der Waals surface area contributed by atoms with Crippen molar-refractivity contribution >= 4 is 34.8 Å². The highest BCUT2D eigenvalue weighted by molar-refractivity contribution is 8.13. The van der Waals surface area contributed by atoms with Crippen LogP contribution in [0.5, 0.6) is 0 Å². The molecule has 0 saturated carbocycles. The molecule has 2 amide bonds. The fraction of sp³-hybridized carbons (Fsp3) is 0.385. The third-order valence-corrected chi connectivity index (χ3v) is 6.18. The fourth-order valence-electron chi connectivity index (χ4n) is 3.33. The van der Waals surface area contributed by atoms with Crippen LogP contribution in [-0.2, 0) is 32.1 Å². The molecule has 1 unspecified atom stereocenters. The zero-order valence-electron chi connectivity index (χ0n) is 19.8. The summed E-state index contributed by atoms with van der Waals surface area (Å²) in [4.78, 5) is 47.8. The molecule has 2 rings (SSSR count). The van der Waals surface area contributed by atoms with Crippen molar-refractivity contribution < 1.29 is 29.0 Å². The molecule has 3 N–H and O–H groups in total. The Kier molecular flexibility index (Phi) is 12.4. The van der Waals surface area contributed by atoms with Crippen LogP contribution in [0.4, 0.5) is 4.79 Å². The van der Waals surface area contributed by atoms with Gasteiger partial charge in [0.05, 0.1) is 5.92 Å². The highest BCUT2D eigenvalue weighted by Crippen LogP contribution is 2.16. The Morgan fingerprint density at radius 1 is 0.943 bits per heavy atom. The van der Waals surface area contributed by atoms with E-state index < -0.39 is 29.9 Å². The predicted molar refractivity (Wildman–Crippen MR) is 135 cm³/mol.